The van der Waals surface area contributed by atoms with Gasteiger partial charge in [-0.15, -0.1) is 0 Å². The third-order valence-corrected chi connectivity index (χ3v) is 4.56. The number of carbonyl (C=O) groups is 1. The van der Waals surface area contributed by atoms with E-state index in [1.807, 2.05) is 42.5 Å². The first kappa shape index (κ1) is 18.3. The molecule has 138 valence electrons. The van der Waals surface area contributed by atoms with Gasteiger partial charge in [-0.3, -0.25) is 0 Å². The van der Waals surface area contributed by atoms with Crippen LogP contribution in [0.3, 0.4) is 0 Å². The third kappa shape index (κ3) is 4.35. The number of hydrogen-bond acceptors (Lipinski definition) is 3. The number of anilines is 1. The van der Waals surface area contributed by atoms with Gasteiger partial charge in [0.2, 0.25) is 0 Å². The van der Waals surface area contributed by atoms with Crippen LogP contribution in [0.1, 0.15) is 43.6 Å². The van der Waals surface area contributed by atoms with E-state index in [0.717, 1.165) is 29.0 Å². The zero-order chi connectivity index (χ0) is 18.7. The lowest BCUT2D eigenvalue weighted by Gasteiger charge is -2.19. The number of aliphatic hydroxyl groups is 1. The molecule has 0 saturated heterocycles. The summed E-state index contributed by atoms with van der Waals surface area (Å²) in [5.41, 5.74) is 3.89. The zero-order valence-electron chi connectivity index (χ0n) is 15.5. The molecular formula is C21H26N2O3. The second-order valence-electron chi connectivity index (χ2n) is 7.64. The van der Waals surface area contributed by atoms with Gasteiger partial charge >= 0.3 is 6.03 Å². The topological polar surface area (TPSA) is 70.6 Å². The lowest BCUT2D eigenvalue weighted by Crippen LogP contribution is -2.32. The number of rotatable bonds is 4. The van der Waals surface area contributed by atoms with E-state index in [1.54, 1.807) is 0 Å². The van der Waals surface area contributed by atoms with Crippen LogP contribution < -0.4 is 15.4 Å². The molecule has 5 nitrogen and oxygen atoms in total. The zero-order valence-corrected chi connectivity index (χ0v) is 15.5. The predicted octanol–water partition coefficient (Wildman–Crippen LogP) is 3.77. The van der Waals surface area contributed by atoms with Gasteiger partial charge in [0.05, 0.1) is 12.7 Å². The highest BCUT2D eigenvalue weighted by atomic mass is 16.5. The van der Waals surface area contributed by atoms with Crippen molar-refractivity contribution in [3.8, 4) is 5.75 Å². The van der Waals surface area contributed by atoms with Gasteiger partial charge in [-0.25, -0.2) is 4.79 Å². The van der Waals surface area contributed by atoms with Gasteiger partial charge in [0, 0.05) is 18.7 Å². The van der Waals surface area contributed by atoms with Crippen molar-refractivity contribution < 1.29 is 14.6 Å². The Kier molecular flexibility index (Phi) is 5.18. The van der Waals surface area contributed by atoms with Crippen LogP contribution in [0.2, 0.25) is 0 Å². The van der Waals surface area contributed by atoms with Crippen LogP contribution in [0, 0.1) is 0 Å². The maximum absolute atomic E-state index is 12.1. The van der Waals surface area contributed by atoms with E-state index in [0.29, 0.717) is 6.61 Å². The summed E-state index contributed by atoms with van der Waals surface area (Å²) in [7, 11) is 0. The molecule has 2 aromatic carbocycles. The molecule has 1 aliphatic heterocycles. The number of urea groups is 1. The molecule has 3 N–H and O–H groups in total. The van der Waals surface area contributed by atoms with Crippen LogP contribution >= 0.6 is 0 Å². The van der Waals surface area contributed by atoms with E-state index in [1.165, 1.54) is 5.56 Å². The summed E-state index contributed by atoms with van der Waals surface area (Å²) in [4.78, 5) is 12.1. The maximum Gasteiger partial charge on any atom is 0.319 e. The molecule has 2 aromatic rings. The first-order chi connectivity index (χ1) is 12.3. The second-order valence-corrected chi connectivity index (χ2v) is 7.64. The van der Waals surface area contributed by atoms with Crippen molar-refractivity contribution in [3.63, 3.8) is 0 Å². The molecule has 0 spiro atoms. The van der Waals surface area contributed by atoms with Crippen molar-refractivity contribution in [2.24, 2.45) is 0 Å². The Bertz CT molecular complexity index is 779. The Morgan fingerprint density at radius 3 is 2.62 bits per heavy atom. The molecule has 1 heterocycles. The first-order valence-corrected chi connectivity index (χ1v) is 8.92. The molecule has 26 heavy (non-hydrogen) atoms. The molecule has 0 bridgehead atoms. The summed E-state index contributed by atoms with van der Waals surface area (Å²) < 4.78 is 5.47. The summed E-state index contributed by atoms with van der Waals surface area (Å²) in [6.07, 6.45) is 0.101. The lowest BCUT2D eigenvalue weighted by molar-refractivity contribution is 0.175. The fourth-order valence-corrected chi connectivity index (χ4v) is 2.95. The van der Waals surface area contributed by atoms with Crippen LogP contribution in [-0.4, -0.2) is 24.3 Å². The smallest absolute Gasteiger partial charge is 0.319 e. The number of carbonyl (C=O) groups excluding carboxylic acids is 1. The van der Waals surface area contributed by atoms with Gasteiger partial charge in [-0.1, -0.05) is 39.0 Å². The van der Waals surface area contributed by atoms with E-state index in [4.69, 9.17) is 4.74 Å². The van der Waals surface area contributed by atoms with Crippen LogP contribution in [-0.2, 0) is 11.8 Å². The van der Waals surface area contributed by atoms with E-state index in [9.17, 15) is 9.90 Å². The molecule has 0 saturated carbocycles. The molecule has 1 atom stereocenters. The largest absolute Gasteiger partial charge is 0.493 e. The van der Waals surface area contributed by atoms with Gasteiger partial charge in [0.25, 0.3) is 0 Å². The fraction of sp³-hybridized carbons (Fsp3) is 0.381. The van der Waals surface area contributed by atoms with E-state index in [-0.39, 0.29) is 18.0 Å². The van der Waals surface area contributed by atoms with E-state index >= 15 is 0 Å². The molecule has 1 unspecified atom stereocenters. The quantitative estimate of drug-likeness (QED) is 0.783. The van der Waals surface area contributed by atoms with Crippen LogP contribution in [0.25, 0.3) is 0 Å². The van der Waals surface area contributed by atoms with Gasteiger partial charge in [0.1, 0.15) is 5.75 Å². The van der Waals surface area contributed by atoms with Gasteiger partial charge in [-0.2, -0.15) is 0 Å². The van der Waals surface area contributed by atoms with Crippen molar-refractivity contribution in [1.29, 1.82) is 0 Å². The fourth-order valence-electron chi connectivity index (χ4n) is 2.95. The Balaban J connectivity index is 1.52. The molecule has 2 amide bonds. The number of benzene rings is 2. The van der Waals surface area contributed by atoms with Crippen LogP contribution in [0.5, 0.6) is 5.75 Å². The minimum atomic E-state index is -0.755. The first-order valence-electron chi connectivity index (χ1n) is 8.92. The van der Waals surface area contributed by atoms with Crippen LogP contribution in [0.4, 0.5) is 10.5 Å². The maximum atomic E-state index is 12.1. The minimum Gasteiger partial charge on any atom is -0.493 e. The van der Waals surface area contributed by atoms with E-state index < -0.39 is 6.10 Å². The Hall–Kier alpha value is -2.53. The Labute approximate surface area is 154 Å². The molecule has 5 heteroatoms. The number of fused-ring (bicyclic) bond motifs is 1. The monoisotopic (exact) mass is 354 g/mol. The summed E-state index contributed by atoms with van der Waals surface area (Å²) in [6.45, 7) is 7.27. The normalized spacial score (nSPS) is 14.3. The highest BCUT2D eigenvalue weighted by Crippen LogP contribution is 2.28. The molecule has 0 radical (unpaired) electrons. The summed E-state index contributed by atoms with van der Waals surface area (Å²) >= 11 is 0. The Morgan fingerprint density at radius 2 is 1.92 bits per heavy atom. The van der Waals surface area contributed by atoms with Crippen molar-refractivity contribution in [3.05, 3.63) is 59.2 Å². The number of hydrogen-bond donors (Lipinski definition) is 3. The van der Waals surface area contributed by atoms with Crippen molar-refractivity contribution in [2.45, 2.75) is 38.7 Å². The number of amides is 2. The molecule has 0 aliphatic carbocycles. The van der Waals surface area contributed by atoms with Crippen molar-refractivity contribution in [2.75, 3.05) is 18.5 Å². The molecule has 3 rings (SSSR count). The van der Waals surface area contributed by atoms with E-state index in [2.05, 4.69) is 31.4 Å². The number of aliphatic hydroxyl groups excluding tert-OH is 1. The molecule has 0 aromatic heterocycles. The third-order valence-electron chi connectivity index (χ3n) is 4.56. The summed E-state index contributed by atoms with van der Waals surface area (Å²) in [6, 6.07) is 13.1. The molecular weight excluding hydrogens is 328 g/mol. The molecule has 1 aliphatic rings. The SMILES string of the molecule is CC(C)(C)c1ccc(NC(=O)NCC(O)c2ccc3c(c2)CCO3)cc1. The summed E-state index contributed by atoms with van der Waals surface area (Å²) in [5, 5.41) is 15.8. The number of nitrogens with one attached hydrogen (secondary N) is 2. The van der Waals surface area contributed by atoms with Crippen LogP contribution in [0.15, 0.2) is 42.5 Å². The minimum absolute atomic E-state index is 0.0752. The Morgan fingerprint density at radius 1 is 1.19 bits per heavy atom. The average molecular weight is 354 g/mol. The number of ether oxygens (including phenoxy) is 1. The average Bonchev–Trinajstić information content (AvgIpc) is 3.07. The lowest BCUT2D eigenvalue weighted by atomic mass is 9.87. The van der Waals surface area contributed by atoms with Gasteiger partial charge < -0.3 is 20.5 Å². The highest BCUT2D eigenvalue weighted by Gasteiger charge is 2.16. The van der Waals surface area contributed by atoms with Crippen molar-refractivity contribution >= 4 is 11.7 Å². The summed E-state index contributed by atoms with van der Waals surface area (Å²) in [5.74, 6) is 0.880. The molecule has 0 fully saturated rings. The van der Waals surface area contributed by atoms with Crippen molar-refractivity contribution in [1.82, 2.24) is 5.32 Å². The van der Waals surface area contributed by atoms with Gasteiger partial charge in [0.15, 0.2) is 0 Å². The predicted molar refractivity (Wildman–Crippen MR) is 103 cm³/mol. The second kappa shape index (κ2) is 7.38. The highest BCUT2D eigenvalue weighted by molar-refractivity contribution is 5.89. The standard InChI is InChI=1S/C21H26N2O3/c1-21(2,3)16-5-7-17(8-6-16)23-20(25)22-13-18(24)14-4-9-19-15(12-14)10-11-26-19/h4-9,12,18,24H,10-11,13H2,1-3H3,(H2,22,23,25). The van der Waals surface area contributed by atoms with Gasteiger partial charge in [-0.05, 0) is 46.4 Å².